The molecular formula is C65H77Cl2N13O10S2. The lowest BCUT2D eigenvalue weighted by atomic mass is 9.89. The van der Waals surface area contributed by atoms with E-state index in [0.29, 0.717) is 41.9 Å². The zero-order valence-corrected chi connectivity index (χ0v) is 55.1. The average Bonchev–Trinajstić information content (AvgIpc) is 1.45. The summed E-state index contributed by atoms with van der Waals surface area (Å²) in [5, 5.41) is 17.6. The smallest absolute Gasteiger partial charge is 0.281 e. The maximum Gasteiger partial charge on any atom is 0.281 e. The van der Waals surface area contributed by atoms with Gasteiger partial charge < -0.3 is 25.4 Å². The molecule has 7 saturated carbocycles. The Morgan fingerprint density at radius 2 is 1.00 bits per heavy atom. The highest BCUT2D eigenvalue weighted by molar-refractivity contribution is 7.90. The zero-order valence-electron chi connectivity index (χ0n) is 52.0. The van der Waals surface area contributed by atoms with E-state index in [1.54, 1.807) is 48.8 Å². The molecule has 8 aliphatic rings. The van der Waals surface area contributed by atoms with Crippen molar-refractivity contribution < 1.29 is 45.5 Å². The van der Waals surface area contributed by atoms with E-state index in [-0.39, 0.29) is 113 Å². The number of carbonyl (C=O) groups is 4. The molecule has 1 aliphatic heterocycles. The van der Waals surface area contributed by atoms with E-state index in [9.17, 15) is 36.0 Å². The first-order valence-corrected chi connectivity index (χ1v) is 35.6. The van der Waals surface area contributed by atoms with E-state index < -0.39 is 31.9 Å². The first-order chi connectivity index (χ1) is 43.8. The van der Waals surface area contributed by atoms with Crippen molar-refractivity contribution in [3.05, 3.63) is 107 Å². The number of rotatable bonds is 26. The quantitative estimate of drug-likeness (QED) is 0.0249. The summed E-state index contributed by atoms with van der Waals surface area (Å²) in [6.45, 7) is 11.3. The molecule has 2 amide bonds. The minimum absolute atomic E-state index is 0.0141. The third kappa shape index (κ3) is 13.0. The van der Waals surface area contributed by atoms with Crippen molar-refractivity contribution in [3.63, 3.8) is 0 Å². The van der Waals surface area contributed by atoms with Crippen molar-refractivity contribution >= 4 is 78.3 Å². The van der Waals surface area contributed by atoms with Crippen molar-refractivity contribution in [1.29, 1.82) is 0 Å². The summed E-state index contributed by atoms with van der Waals surface area (Å²) in [5.41, 5.74) is 1.47. The standard InChI is InChI=1S/C33H39ClN6O5S.C32H38ClN7O5S/c1-31(2)12-10-21(19-31)5-4-17-35-24-6-3-7-27(36-24)46(43,44)39-30(42)22-8-9-25(37-29(22)34)40-18-11-26(38-40)45-20-23(41)28-32(13-14-32)33(28)15-16-33;1-30(2)17-20(18-35-30)5-4-15-34-23-6-3-7-26(36-23)46(43,44)39-29(42)21-8-9-24(37-28(21)33)40-16-10-25(38-40)45-19-22(41)27-31(11-12-31)32(27)13-14-32/h3,6-9,11,18,21,28H,4-5,10,12-17,19-20H2,1-2H3,(H,35,36)(H,39,42);3,6-10,16,20,27,35H,4-5,11-15,17-19H2,1-2H3,(H,34,36)(H,39,42)/t21-;20-/m10/s1. The van der Waals surface area contributed by atoms with Gasteiger partial charge in [-0.25, -0.2) is 38.7 Å². The summed E-state index contributed by atoms with van der Waals surface area (Å²) in [5.74, 6) is 1.99. The number of Topliss-reactive ketones (excluding diaryl/α,β-unsaturated/α-hetero) is 2. The molecule has 23 nitrogen and oxygen atoms in total. The van der Waals surface area contributed by atoms with Crippen LogP contribution in [0.3, 0.4) is 0 Å². The number of pyridine rings is 4. The number of amides is 2. The summed E-state index contributed by atoms with van der Waals surface area (Å²) >= 11 is 12.6. The lowest BCUT2D eigenvalue weighted by Crippen LogP contribution is -2.31. The molecule has 5 N–H and O–H groups in total. The highest BCUT2D eigenvalue weighted by atomic mass is 35.5. The van der Waals surface area contributed by atoms with Crippen LogP contribution < -0.4 is 34.9 Å². The van der Waals surface area contributed by atoms with Gasteiger partial charge in [0.15, 0.2) is 33.3 Å². The van der Waals surface area contributed by atoms with Crippen LogP contribution in [0, 0.1) is 50.7 Å². The number of anilines is 2. The zero-order chi connectivity index (χ0) is 64.6. The summed E-state index contributed by atoms with van der Waals surface area (Å²) < 4.78 is 70.4. The Morgan fingerprint density at radius 3 is 1.38 bits per heavy atom. The van der Waals surface area contributed by atoms with E-state index in [0.717, 1.165) is 95.9 Å². The van der Waals surface area contributed by atoms with Crippen molar-refractivity contribution in [2.24, 2.45) is 50.7 Å². The highest BCUT2D eigenvalue weighted by Crippen LogP contribution is 2.93. The third-order valence-corrected chi connectivity index (χ3v) is 23.7. The molecule has 0 aromatic carbocycles. The third-order valence-electron chi connectivity index (χ3n) is 20.7. The lowest BCUT2D eigenvalue weighted by Gasteiger charge is -2.17. The van der Waals surface area contributed by atoms with Crippen LogP contribution in [0.15, 0.2) is 95.2 Å². The minimum atomic E-state index is -4.29. The van der Waals surface area contributed by atoms with Crippen LogP contribution in [-0.2, 0) is 29.6 Å². The summed E-state index contributed by atoms with van der Waals surface area (Å²) in [4.78, 5) is 68.3. The Hall–Kier alpha value is -7.06. The number of carbonyl (C=O) groups excluding carboxylic acids is 4. The number of nitrogens with zero attached hydrogens (tertiary/aromatic N) is 8. The largest absolute Gasteiger partial charge is 0.469 e. The van der Waals surface area contributed by atoms with Gasteiger partial charge in [0.05, 0.1) is 11.1 Å². The van der Waals surface area contributed by atoms with Crippen molar-refractivity contribution in [3.8, 4) is 23.4 Å². The molecule has 0 bridgehead atoms. The molecular weight excluding hydrogens is 1260 g/mol. The van der Waals surface area contributed by atoms with Gasteiger partial charge in [-0.15, -0.1) is 10.2 Å². The van der Waals surface area contributed by atoms with Crippen LogP contribution in [0.4, 0.5) is 11.6 Å². The first kappa shape index (κ1) is 63.7. The fourth-order valence-electron chi connectivity index (χ4n) is 15.6. The molecule has 0 unspecified atom stereocenters. The summed E-state index contributed by atoms with van der Waals surface area (Å²) in [6, 6.07) is 18.1. The molecule has 8 fully saturated rings. The van der Waals surface area contributed by atoms with Gasteiger partial charge in [-0.3, -0.25) is 19.2 Å². The molecule has 7 aliphatic carbocycles. The Bertz CT molecular complexity index is 3830. The molecule has 488 valence electrons. The SMILES string of the molecule is CC1(C)CC[C@@H](CCCNc2cccc(S(=O)(=O)NC(=O)c3ccc(-n4ccc(OCC(=O)C5C6(CC6)C56CC6)n4)nc3Cl)n2)C1.CC1(C)C[C@H](CCCNc2cccc(S(=O)(=O)NC(=O)c3ccc(-n4ccc(OCC(=O)C5C6(CC6)C56CC6)n4)nc3Cl)n2)CN1. The first-order valence-electron chi connectivity index (χ1n) is 31.9. The predicted octanol–water partition coefficient (Wildman–Crippen LogP) is 9.74. The van der Waals surface area contributed by atoms with Gasteiger partial charge in [-0.05, 0) is 211 Å². The average molecular weight is 1340 g/mol. The van der Waals surface area contributed by atoms with Gasteiger partial charge in [-0.2, -0.15) is 16.8 Å². The predicted molar refractivity (Wildman–Crippen MR) is 342 cm³/mol. The number of aromatic nitrogens is 8. The number of ketones is 2. The van der Waals surface area contributed by atoms with Gasteiger partial charge in [0.25, 0.3) is 31.9 Å². The van der Waals surface area contributed by atoms with E-state index in [2.05, 4.69) is 73.8 Å². The monoisotopic (exact) mass is 1330 g/mol. The summed E-state index contributed by atoms with van der Waals surface area (Å²) in [6.07, 6.45) is 21.4. The Balaban J connectivity index is 0.000000168. The Labute approximate surface area is 545 Å². The lowest BCUT2D eigenvalue weighted by molar-refractivity contribution is -0.123. The molecule has 6 aromatic rings. The molecule has 1 saturated heterocycles. The van der Waals surface area contributed by atoms with Gasteiger partial charge in [0, 0.05) is 55.0 Å². The number of sulfonamides is 2. The second-order valence-electron chi connectivity index (χ2n) is 28.1. The molecule has 2 atom stereocenters. The van der Waals surface area contributed by atoms with Crippen molar-refractivity contribution in [1.82, 2.24) is 54.3 Å². The normalized spacial score (nSPS) is 21.7. The second kappa shape index (κ2) is 24.1. The van der Waals surface area contributed by atoms with Crippen molar-refractivity contribution in [2.75, 3.05) is 43.5 Å². The molecule has 27 heteroatoms. The van der Waals surface area contributed by atoms with Crippen LogP contribution in [0.1, 0.15) is 151 Å². The number of fused-ring (bicyclic) bond motifs is 2. The van der Waals surface area contributed by atoms with Crippen LogP contribution in [-0.4, -0.2) is 118 Å². The van der Waals surface area contributed by atoms with E-state index in [1.807, 2.05) is 9.44 Å². The van der Waals surface area contributed by atoms with Crippen LogP contribution in [0.5, 0.6) is 11.8 Å². The van der Waals surface area contributed by atoms with Crippen LogP contribution in [0.25, 0.3) is 11.6 Å². The second-order valence-corrected chi connectivity index (χ2v) is 32.0. The maximum absolute atomic E-state index is 13.0. The molecule has 92 heavy (non-hydrogen) atoms. The molecule has 7 heterocycles. The number of halogens is 2. The van der Waals surface area contributed by atoms with E-state index >= 15 is 0 Å². The molecule has 0 radical (unpaired) electrons. The number of hydrogen-bond acceptors (Lipinski definition) is 19. The van der Waals surface area contributed by atoms with Crippen LogP contribution in [0.2, 0.25) is 10.3 Å². The highest BCUT2D eigenvalue weighted by Gasteiger charge is 2.89. The van der Waals surface area contributed by atoms with E-state index in [4.69, 9.17) is 32.7 Å². The summed E-state index contributed by atoms with van der Waals surface area (Å²) in [7, 11) is -8.57. The Kier molecular flexibility index (Phi) is 16.7. The molecule has 14 rings (SSSR count). The van der Waals surface area contributed by atoms with Gasteiger partial charge in [-0.1, -0.05) is 49.2 Å². The maximum atomic E-state index is 13.0. The number of ether oxygens (including phenoxy) is 2. The number of nitrogens with one attached hydrogen (secondary N) is 5. The Morgan fingerprint density at radius 1 is 0.565 bits per heavy atom. The van der Waals surface area contributed by atoms with Gasteiger partial charge in [0.1, 0.15) is 35.2 Å². The molecule has 6 aromatic heterocycles. The van der Waals surface area contributed by atoms with Crippen LogP contribution >= 0.6 is 23.2 Å². The topological polar surface area (TPSA) is 302 Å². The molecule has 4 spiro atoms. The number of hydrogen-bond donors (Lipinski definition) is 5. The van der Waals surface area contributed by atoms with Crippen molar-refractivity contribution in [2.45, 2.75) is 146 Å². The van der Waals surface area contributed by atoms with Gasteiger partial charge >= 0.3 is 0 Å². The van der Waals surface area contributed by atoms with Gasteiger partial charge in [0.2, 0.25) is 11.8 Å². The fraction of sp³-hybridized carbons (Fsp3) is 0.538. The minimum Gasteiger partial charge on any atom is -0.469 e. The fourth-order valence-corrected chi connectivity index (χ4v) is 18.0. The van der Waals surface area contributed by atoms with E-state index in [1.165, 1.54) is 65.0 Å².